The lowest BCUT2D eigenvalue weighted by Crippen LogP contribution is -2.30. The third-order valence-corrected chi connectivity index (χ3v) is 2.98. The maximum Gasteiger partial charge on any atom is 0.337 e. The molecule has 2 rings (SSSR count). The Hall–Kier alpha value is -1.84. The van der Waals surface area contributed by atoms with Gasteiger partial charge >= 0.3 is 5.97 Å². The molecule has 1 heterocycles. The van der Waals surface area contributed by atoms with Gasteiger partial charge in [0, 0.05) is 18.2 Å². The van der Waals surface area contributed by atoms with E-state index < -0.39 is 0 Å². The molecule has 0 bridgehead atoms. The first-order valence-electron chi connectivity index (χ1n) is 5.56. The van der Waals surface area contributed by atoms with Crippen LogP contribution in [0.1, 0.15) is 40.1 Å². The minimum Gasteiger partial charge on any atom is -0.465 e. The number of carbonyl (C=O) groups excluding carboxylic acids is 2. The summed E-state index contributed by atoms with van der Waals surface area (Å²) in [6.45, 7) is 4.52. The number of nitrogens with zero attached hydrogens (tertiary/aromatic N) is 1. The van der Waals surface area contributed by atoms with Gasteiger partial charge in [-0.2, -0.15) is 0 Å². The predicted molar refractivity (Wildman–Crippen MR) is 62.8 cm³/mol. The number of amides is 1. The zero-order valence-corrected chi connectivity index (χ0v) is 10.2. The summed E-state index contributed by atoms with van der Waals surface area (Å²) in [6, 6.07) is 5.23. The van der Waals surface area contributed by atoms with E-state index >= 15 is 0 Å². The Morgan fingerprint density at radius 2 is 2.12 bits per heavy atom. The lowest BCUT2D eigenvalue weighted by atomic mass is 10.1. The summed E-state index contributed by atoms with van der Waals surface area (Å²) in [5.74, 6) is -0.338. The van der Waals surface area contributed by atoms with E-state index in [1.807, 2.05) is 13.8 Å². The van der Waals surface area contributed by atoms with Crippen molar-refractivity contribution < 1.29 is 14.3 Å². The Kier molecular flexibility index (Phi) is 2.88. The minimum atomic E-state index is -0.372. The molecule has 0 saturated heterocycles. The number of hydrogen-bond acceptors (Lipinski definition) is 3. The second kappa shape index (κ2) is 4.20. The second-order valence-corrected chi connectivity index (χ2v) is 4.39. The number of hydrogen-bond donors (Lipinski definition) is 0. The molecule has 4 heteroatoms. The fourth-order valence-corrected chi connectivity index (χ4v) is 2.01. The van der Waals surface area contributed by atoms with Gasteiger partial charge in [-0.25, -0.2) is 4.79 Å². The normalized spacial score (nSPS) is 14.1. The molecular weight excluding hydrogens is 218 g/mol. The zero-order valence-electron chi connectivity index (χ0n) is 10.2. The number of benzene rings is 1. The van der Waals surface area contributed by atoms with E-state index in [0.717, 1.165) is 5.56 Å². The van der Waals surface area contributed by atoms with Crippen LogP contribution in [0, 0.1) is 0 Å². The highest BCUT2D eigenvalue weighted by Crippen LogP contribution is 2.25. The van der Waals surface area contributed by atoms with E-state index in [2.05, 4.69) is 4.74 Å². The highest BCUT2D eigenvalue weighted by Gasteiger charge is 2.29. The van der Waals surface area contributed by atoms with Crippen molar-refractivity contribution in [1.29, 1.82) is 0 Å². The summed E-state index contributed by atoms with van der Waals surface area (Å²) in [5, 5.41) is 0. The molecule has 1 amide bonds. The lowest BCUT2D eigenvalue weighted by molar-refractivity contribution is 0.0600. The monoisotopic (exact) mass is 233 g/mol. The van der Waals surface area contributed by atoms with Gasteiger partial charge in [0.25, 0.3) is 5.91 Å². The van der Waals surface area contributed by atoms with Crippen molar-refractivity contribution >= 4 is 11.9 Å². The average Bonchev–Trinajstić information content (AvgIpc) is 2.65. The summed E-state index contributed by atoms with van der Waals surface area (Å²) in [7, 11) is 1.35. The number of carbonyl (C=O) groups is 2. The Balaban J connectivity index is 2.36. The van der Waals surface area contributed by atoms with E-state index in [1.165, 1.54) is 7.11 Å². The second-order valence-electron chi connectivity index (χ2n) is 4.39. The Bertz CT molecular complexity index is 480. The van der Waals surface area contributed by atoms with Crippen molar-refractivity contribution in [1.82, 2.24) is 4.90 Å². The van der Waals surface area contributed by atoms with E-state index in [1.54, 1.807) is 23.1 Å². The fraction of sp³-hybridized carbons (Fsp3) is 0.385. The van der Waals surface area contributed by atoms with Crippen LogP contribution in [0.25, 0.3) is 0 Å². The smallest absolute Gasteiger partial charge is 0.337 e. The summed E-state index contributed by atoms with van der Waals surface area (Å²) in [6.07, 6.45) is 0. The summed E-state index contributed by atoms with van der Waals surface area (Å²) < 4.78 is 4.66. The van der Waals surface area contributed by atoms with Crippen molar-refractivity contribution in [2.75, 3.05) is 7.11 Å². The predicted octanol–water partition coefficient (Wildman–Crippen LogP) is 1.84. The van der Waals surface area contributed by atoms with E-state index in [0.29, 0.717) is 17.7 Å². The maximum atomic E-state index is 12.0. The van der Waals surface area contributed by atoms with Crippen molar-refractivity contribution in [2.24, 2.45) is 0 Å². The Morgan fingerprint density at radius 1 is 1.41 bits per heavy atom. The van der Waals surface area contributed by atoms with Crippen molar-refractivity contribution in [3.05, 3.63) is 34.9 Å². The van der Waals surface area contributed by atoms with Gasteiger partial charge in [-0.05, 0) is 37.6 Å². The van der Waals surface area contributed by atoms with Crippen LogP contribution in [0.5, 0.6) is 0 Å². The molecule has 1 aliphatic rings. The molecule has 17 heavy (non-hydrogen) atoms. The minimum absolute atomic E-state index is 0.0337. The van der Waals surface area contributed by atoms with E-state index in [4.69, 9.17) is 0 Å². The molecule has 1 aromatic carbocycles. The van der Waals surface area contributed by atoms with Crippen LogP contribution < -0.4 is 0 Å². The van der Waals surface area contributed by atoms with Gasteiger partial charge in [0.15, 0.2) is 0 Å². The molecule has 90 valence electrons. The molecule has 0 unspecified atom stereocenters. The van der Waals surface area contributed by atoms with Crippen molar-refractivity contribution in [3.63, 3.8) is 0 Å². The third-order valence-electron chi connectivity index (χ3n) is 2.98. The van der Waals surface area contributed by atoms with Gasteiger partial charge in [-0.15, -0.1) is 0 Å². The van der Waals surface area contributed by atoms with E-state index in [9.17, 15) is 9.59 Å². The number of ether oxygens (including phenoxy) is 1. The molecule has 0 aromatic heterocycles. The SMILES string of the molecule is COC(=O)c1ccc2c(c1)CN(C(C)C)C2=O. The summed E-state index contributed by atoms with van der Waals surface area (Å²) >= 11 is 0. The molecule has 4 nitrogen and oxygen atoms in total. The van der Waals surface area contributed by atoms with Crippen molar-refractivity contribution in [2.45, 2.75) is 26.4 Å². The van der Waals surface area contributed by atoms with Crippen LogP contribution in [-0.4, -0.2) is 29.9 Å². The molecular formula is C13H15NO3. The van der Waals surface area contributed by atoms with Crippen LogP contribution in [0.2, 0.25) is 0 Å². The molecule has 1 aromatic rings. The van der Waals surface area contributed by atoms with Gasteiger partial charge in [0.05, 0.1) is 12.7 Å². The Labute approximate surface area is 100 Å². The molecule has 0 aliphatic carbocycles. The number of methoxy groups -OCH3 is 1. The van der Waals surface area contributed by atoms with Gasteiger partial charge in [0.1, 0.15) is 0 Å². The average molecular weight is 233 g/mol. The lowest BCUT2D eigenvalue weighted by Gasteiger charge is -2.19. The van der Waals surface area contributed by atoms with Gasteiger partial charge in [0.2, 0.25) is 0 Å². The zero-order chi connectivity index (χ0) is 12.6. The topological polar surface area (TPSA) is 46.6 Å². The summed E-state index contributed by atoms with van der Waals surface area (Å²) in [5.41, 5.74) is 2.07. The van der Waals surface area contributed by atoms with Gasteiger partial charge < -0.3 is 9.64 Å². The quantitative estimate of drug-likeness (QED) is 0.732. The highest BCUT2D eigenvalue weighted by molar-refractivity contribution is 6.00. The Morgan fingerprint density at radius 3 is 2.71 bits per heavy atom. The largest absolute Gasteiger partial charge is 0.465 e. The highest BCUT2D eigenvalue weighted by atomic mass is 16.5. The maximum absolute atomic E-state index is 12.0. The molecule has 0 radical (unpaired) electrons. The molecule has 0 saturated carbocycles. The molecule has 0 N–H and O–H groups in total. The number of rotatable bonds is 2. The summed E-state index contributed by atoms with van der Waals surface area (Å²) in [4.78, 5) is 25.2. The van der Waals surface area contributed by atoms with Crippen LogP contribution in [0.15, 0.2) is 18.2 Å². The van der Waals surface area contributed by atoms with Crippen LogP contribution in [0.4, 0.5) is 0 Å². The first kappa shape index (κ1) is 11.6. The van der Waals surface area contributed by atoms with Gasteiger partial charge in [-0.3, -0.25) is 4.79 Å². The van der Waals surface area contributed by atoms with Crippen LogP contribution in [0.3, 0.4) is 0 Å². The van der Waals surface area contributed by atoms with Crippen LogP contribution in [-0.2, 0) is 11.3 Å². The molecule has 0 spiro atoms. The third kappa shape index (κ3) is 1.90. The molecule has 0 atom stereocenters. The van der Waals surface area contributed by atoms with E-state index in [-0.39, 0.29) is 17.9 Å². The molecule has 1 aliphatic heterocycles. The van der Waals surface area contributed by atoms with Gasteiger partial charge in [-0.1, -0.05) is 0 Å². The first-order chi connectivity index (χ1) is 8.04. The number of fused-ring (bicyclic) bond motifs is 1. The standard InChI is InChI=1S/C13H15NO3/c1-8(2)14-7-10-6-9(13(16)17-3)4-5-11(10)12(14)15/h4-6,8H,7H2,1-3H3. The molecule has 0 fully saturated rings. The number of esters is 1. The fourth-order valence-electron chi connectivity index (χ4n) is 2.01. The first-order valence-corrected chi connectivity index (χ1v) is 5.56. The van der Waals surface area contributed by atoms with Crippen molar-refractivity contribution in [3.8, 4) is 0 Å². The van der Waals surface area contributed by atoms with Crippen LogP contribution >= 0.6 is 0 Å².